The molecule has 0 saturated carbocycles. The number of nitrogens with zero attached hydrogens (tertiary/aromatic N) is 2. The molecule has 0 amide bonds. The Balaban J connectivity index is 1.77. The van der Waals surface area contributed by atoms with E-state index in [4.69, 9.17) is 12.2 Å². The molecule has 0 atom stereocenters. The summed E-state index contributed by atoms with van der Waals surface area (Å²) in [6.07, 6.45) is 1.75. The van der Waals surface area contributed by atoms with Crippen LogP contribution in [0.15, 0.2) is 42.6 Å². The summed E-state index contributed by atoms with van der Waals surface area (Å²) in [6.45, 7) is 5.73. The van der Waals surface area contributed by atoms with Crippen molar-refractivity contribution in [2.24, 2.45) is 0 Å². The Hall–Kier alpha value is -2.14. The summed E-state index contributed by atoms with van der Waals surface area (Å²) < 4.78 is 0. The van der Waals surface area contributed by atoms with E-state index in [1.807, 2.05) is 19.1 Å². The second kappa shape index (κ2) is 7.75. The predicted octanol–water partition coefficient (Wildman–Crippen LogP) is 3.12. The van der Waals surface area contributed by atoms with Gasteiger partial charge in [-0.3, -0.25) is 0 Å². The standard InChI is InChI=1S/C17H22N4S/c1-13-6-8-15(9-7-13)21(3)12-11-19-17(22)20-16-14(2)5-4-10-18-16/h4-10H,11-12H2,1-3H3,(H2,18,19,20,22). The van der Waals surface area contributed by atoms with Gasteiger partial charge in [-0.15, -0.1) is 0 Å². The maximum absolute atomic E-state index is 5.30. The number of benzene rings is 1. The largest absolute Gasteiger partial charge is 0.373 e. The third-order valence-electron chi connectivity index (χ3n) is 3.45. The van der Waals surface area contributed by atoms with Gasteiger partial charge in [-0.25, -0.2) is 4.98 Å². The zero-order chi connectivity index (χ0) is 15.9. The Kier molecular flexibility index (Phi) is 5.72. The van der Waals surface area contributed by atoms with Crippen LogP contribution in [0.3, 0.4) is 0 Å². The first-order valence-electron chi connectivity index (χ1n) is 7.30. The van der Waals surface area contributed by atoms with Crippen LogP contribution in [-0.2, 0) is 0 Å². The maximum Gasteiger partial charge on any atom is 0.172 e. The van der Waals surface area contributed by atoms with Crippen molar-refractivity contribution >= 4 is 28.8 Å². The number of nitrogens with one attached hydrogen (secondary N) is 2. The van der Waals surface area contributed by atoms with Crippen molar-refractivity contribution in [3.05, 3.63) is 53.7 Å². The Morgan fingerprint density at radius 3 is 2.59 bits per heavy atom. The van der Waals surface area contributed by atoms with E-state index in [1.54, 1.807) is 6.20 Å². The van der Waals surface area contributed by atoms with Gasteiger partial charge in [0.05, 0.1) is 0 Å². The molecule has 4 nitrogen and oxygen atoms in total. The van der Waals surface area contributed by atoms with E-state index in [0.717, 1.165) is 24.5 Å². The van der Waals surface area contributed by atoms with Crippen LogP contribution in [0.2, 0.25) is 0 Å². The summed E-state index contributed by atoms with van der Waals surface area (Å²) in [5, 5.41) is 6.93. The molecule has 0 aliphatic heterocycles. The van der Waals surface area contributed by atoms with Gasteiger partial charge in [0.1, 0.15) is 5.82 Å². The van der Waals surface area contributed by atoms with Crippen LogP contribution in [0.4, 0.5) is 11.5 Å². The first kappa shape index (κ1) is 16.2. The lowest BCUT2D eigenvalue weighted by molar-refractivity contribution is 0.827. The second-order valence-electron chi connectivity index (χ2n) is 5.31. The number of aryl methyl sites for hydroxylation is 2. The smallest absolute Gasteiger partial charge is 0.172 e. The van der Waals surface area contributed by atoms with Crippen molar-refractivity contribution in [1.29, 1.82) is 0 Å². The maximum atomic E-state index is 5.30. The monoisotopic (exact) mass is 314 g/mol. The summed E-state index contributed by atoms with van der Waals surface area (Å²) in [5.41, 5.74) is 3.54. The molecule has 0 aliphatic carbocycles. The fraction of sp³-hybridized carbons (Fsp3) is 0.294. The quantitative estimate of drug-likeness (QED) is 0.830. The van der Waals surface area contributed by atoms with Crippen molar-refractivity contribution in [3.63, 3.8) is 0 Å². The highest BCUT2D eigenvalue weighted by Gasteiger charge is 2.03. The van der Waals surface area contributed by atoms with Crippen LogP contribution >= 0.6 is 12.2 Å². The van der Waals surface area contributed by atoms with Gasteiger partial charge in [0.25, 0.3) is 0 Å². The highest BCUT2D eigenvalue weighted by molar-refractivity contribution is 7.80. The van der Waals surface area contributed by atoms with Crippen molar-refractivity contribution in [2.75, 3.05) is 30.4 Å². The number of thiocarbonyl (C=S) groups is 1. The van der Waals surface area contributed by atoms with Crippen LogP contribution in [0.25, 0.3) is 0 Å². The summed E-state index contributed by atoms with van der Waals surface area (Å²) >= 11 is 5.30. The highest BCUT2D eigenvalue weighted by atomic mass is 32.1. The molecule has 22 heavy (non-hydrogen) atoms. The molecule has 0 aliphatic rings. The molecule has 0 fully saturated rings. The number of pyridine rings is 1. The Labute approximate surface area is 137 Å². The topological polar surface area (TPSA) is 40.2 Å². The molecule has 1 aromatic heterocycles. The fourth-order valence-electron chi connectivity index (χ4n) is 2.03. The van der Waals surface area contributed by atoms with E-state index in [1.165, 1.54) is 11.3 Å². The SMILES string of the molecule is Cc1ccc(N(C)CCNC(=S)Nc2ncccc2C)cc1. The average molecular weight is 314 g/mol. The number of aromatic nitrogens is 1. The van der Waals surface area contributed by atoms with Gasteiger partial charge < -0.3 is 15.5 Å². The highest BCUT2D eigenvalue weighted by Crippen LogP contribution is 2.12. The molecule has 5 heteroatoms. The Bertz CT molecular complexity index is 625. The van der Waals surface area contributed by atoms with Gasteiger partial charge in [0, 0.05) is 32.0 Å². The van der Waals surface area contributed by atoms with Gasteiger partial charge >= 0.3 is 0 Å². The fourth-order valence-corrected chi connectivity index (χ4v) is 2.23. The number of hydrogen-bond donors (Lipinski definition) is 2. The number of hydrogen-bond acceptors (Lipinski definition) is 3. The number of likely N-dealkylation sites (N-methyl/N-ethyl adjacent to an activating group) is 1. The van der Waals surface area contributed by atoms with E-state index in [2.05, 4.69) is 58.8 Å². The molecule has 2 aromatic rings. The summed E-state index contributed by atoms with van der Waals surface area (Å²) in [4.78, 5) is 6.46. The number of rotatable bonds is 5. The third kappa shape index (κ3) is 4.70. The zero-order valence-electron chi connectivity index (χ0n) is 13.3. The van der Waals surface area contributed by atoms with Crippen LogP contribution < -0.4 is 15.5 Å². The van der Waals surface area contributed by atoms with Gasteiger partial charge in [-0.2, -0.15) is 0 Å². The second-order valence-corrected chi connectivity index (χ2v) is 5.72. The van der Waals surface area contributed by atoms with Crippen LogP contribution in [-0.4, -0.2) is 30.2 Å². The van der Waals surface area contributed by atoms with Crippen molar-refractivity contribution in [3.8, 4) is 0 Å². The molecule has 1 heterocycles. The summed E-state index contributed by atoms with van der Waals surface area (Å²) in [5.74, 6) is 0.798. The van der Waals surface area contributed by atoms with Crippen molar-refractivity contribution in [2.45, 2.75) is 13.8 Å². The minimum absolute atomic E-state index is 0.596. The molecule has 0 unspecified atom stereocenters. The molecule has 1 aromatic carbocycles. The van der Waals surface area contributed by atoms with Gasteiger partial charge in [-0.05, 0) is 49.8 Å². The van der Waals surface area contributed by atoms with Crippen molar-refractivity contribution in [1.82, 2.24) is 10.3 Å². The van der Waals surface area contributed by atoms with E-state index < -0.39 is 0 Å². The molecule has 0 radical (unpaired) electrons. The lowest BCUT2D eigenvalue weighted by atomic mass is 10.2. The van der Waals surface area contributed by atoms with E-state index in [9.17, 15) is 0 Å². The minimum Gasteiger partial charge on any atom is -0.373 e. The molecule has 0 bridgehead atoms. The summed E-state index contributed by atoms with van der Waals surface area (Å²) in [7, 11) is 2.08. The van der Waals surface area contributed by atoms with Crippen LogP contribution in [0, 0.1) is 13.8 Å². The molecule has 0 spiro atoms. The first-order chi connectivity index (χ1) is 10.6. The van der Waals surface area contributed by atoms with Gasteiger partial charge in [0.15, 0.2) is 5.11 Å². The molecule has 0 saturated heterocycles. The zero-order valence-corrected chi connectivity index (χ0v) is 14.1. The average Bonchev–Trinajstić information content (AvgIpc) is 2.50. The van der Waals surface area contributed by atoms with Gasteiger partial charge in [0.2, 0.25) is 0 Å². The molecule has 116 valence electrons. The van der Waals surface area contributed by atoms with E-state index >= 15 is 0 Å². The molecule has 2 N–H and O–H groups in total. The Morgan fingerprint density at radius 1 is 1.18 bits per heavy atom. The lowest BCUT2D eigenvalue weighted by Crippen LogP contribution is -2.35. The molecular formula is C17H22N4S. The summed E-state index contributed by atoms with van der Waals surface area (Å²) in [6, 6.07) is 12.4. The normalized spacial score (nSPS) is 10.1. The Morgan fingerprint density at radius 2 is 1.91 bits per heavy atom. The minimum atomic E-state index is 0.596. The lowest BCUT2D eigenvalue weighted by Gasteiger charge is -2.20. The van der Waals surface area contributed by atoms with E-state index in [-0.39, 0.29) is 0 Å². The van der Waals surface area contributed by atoms with Gasteiger partial charge in [-0.1, -0.05) is 23.8 Å². The predicted molar refractivity (Wildman–Crippen MR) is 97.6 cm³/mol. The number of anilines is 2. The van der Waals surface area contributed by atoms with Crippen LogP contribution in [0.5, 0.6) is 0 Å². The van der Waals surface area contributed by atoms with Crippen molar-refractivity contribution < 1.29 is 0 Å². The van der Waals surface area contributed by atoms with E-state index in [0.29, 0.717) is 5.11 Å². The molecular weight excluding hydrogens is 292 g/mol. The first-order valence-corrected chi connectivity index (χ1v) is 7.71. The molecule has 2 rings (SSSR count). The third-order valence-corrected chi connectivity index (χ3v) is 3.70. The van der Waals surface area contributed by atoms with Crippen LogP contribution in [0.1, 0.15) is 11.1 Å².